The van der Waals surface area contributed by atoms with Crippen LogP contribution in [0.3, 0.4) is 0 Å². The van der Waals surface area contributed by atoms with Crippen molar-refractivity contribution in [2.24, 2.45) is 17.7 Å². The molecule has 1 aliphatic carbocycles. The van der Waals surface area contributed by atoms with Gasteiger partial charge in [-0.05, 0) is 31.1 Å². The van der Waals surface area contributed by atoms with Crippen molar-refractivity contribution in [2.75, 3.05) is 23.4 Å². The highest BCUT2D eigenvalue weighted by Gasteiger charge is 2.32. The molecule has 1 saturated heterocycles. The van der Waals surface area contributed by atoms with Gasteiger partial charge in [0.15, 0.2) is 0 Å². The number of hydrogen-bond donors (Lipinski definition) is 2. The van der Waals surface area contributed by atoms with E-state index in [0.717, 1.165) is 49.4 Å². The maximum atomic E-state index is 5.63. The molecule has 1 aromatic rings. The third-order valence-electron chi connectivity index (χ3n) is 5.15. The van der Waals surface area contributed by atoms with E-state index in [-0.39, 0.29) is 0 Å². The second-order valence-corrected chi connectivity index (χ2v) is 6.46. The molecule has 0 spiro atoms. The van der Waals surface area contributed by atoms with E-state index in [2.05, 4.69) is 27.2 Å². The van der Waals surface area contributed by atoms with E-state index in [1.54, 1.807) is 6.33 Å². The fraction of sp³-hybridized carbons (Fsp3) is 0.750. The third kappa shape index (κ3) is 2.98. The first-order chi connectivity index (χ1) is 10.3. The Kier molecular flexibility index (Phi) is 4.58. The van der Waals surface area contributed by atoms with Gasteiger partial charge >= 0.3 is 0 Å². The molecule has 0 amide bonds. The summed E-state index contributed by atoms with van der Waals surface area (Å²) in [7, 11) is 0. The number of nitrogens with zero attached hydrogens (tertiary/aromatic N) is 3. The molecule has 1 aliphatic heterocycles. The Bertz CT molecular complexity index is 476. The number of hydrazine groups is 1. The van der Waals surface area contributed by atoms with E-state index in [1.807, 2.05) is 0 Å². The van der Waals surface area contributed by atoms with Crippen molar-refractivity contribution in [3.05, 3.63) is 11.9 Å². The Morgan fingerprint density at radius 1 is 1.24 bits per heavy atom. The van der Waals surface area contributed by atoms with Gasteiger partial charge in [-0.15, -0.1) is 0 Å². The van der Waals surface area contributed by atoms with Crippen LogP contribution in [0, 0.1) is 11.8 Å². The molecule has 0 bridgehead atoms. The van der Waals surface area contributed by atoms with E-state index in [1.165, 1.54) is 37.7 Å². The number of aromatic nitrogens is 2. The Labute approximate surface area is 127 Å². The largest absolute Gasteiger partial charge is 0.356 e. The zero-order valence-electron chi connectivity index (χ0n) is 13.0. The summed E-state index contributed by atoms with van der Waals surface area (Å²) in [5, 5.41) is 0. The molecule has 1 saturated carbocycles. The summed E-state index contributed by atoms with van der Waals surface area (Å²) in [4.78, 5) is 11.3. The van der Waals surface area contributed by atoms with E-state index in [9.17, 15) is 0 Å². The zero-order chi connectivity index (χ0) is 14.7. The Balaban J connectivity index is 1.83. The molecule has 21 heavy (non-hydrogen) atoms. The molecule has 3 N–H and O–H groups in total. The van der Waals surface area contributed by atoms with Crippen LogP contribution in [0.1, 0.15) is 51.0 Å². The van der Waals surface area contributed by atoms with Crippen LogP contribution < -0.4 is 16.2 Å². The summed E-state index contributed by atoms with van der Waals surface area (Å²) in [5.41, 5.74) is 3.92. The first kappa shape index (κ1) is 14.6. The van der Waals surface area contributed by atoms with Gasteiger partial charge in [-0.2, -0.15) is 0 Å². The Morgan fingerprint density at radius 2 is 2.05 bits per heavy atom. The predicted molar refractivity (Wildman–Crippen MR) is 86.1 cm³/mol. The monoisotopic (exact) mass is 289 g/mol. The lowest BCUT2D eigenvalue weighted by atomic mass is 9.75. The topological polar surface area (TPSA) is 67.1 Å². The van der Waals surface area contributed by atoms with Crippen molar-refractivity contribution < 1.29 is 0 Å². The van der Waals surface area contributed by atoms with Crippen molar-refractivity contribution in [3.8, 4) is 0 Å². The molecule has 2 unspecified atom stereocenters. The highest BCUT2D eigenvalue weighted by Crippen LogP contribution is 2.38. The summed E-state index contributed by atoms with van der Waals surface area (Å²) in [6, 6.07) is 0. The first-order valence-corrected chi connectivity index (χ1v) is 8.39. The number of hydrogen-bond acceptors (Lipinski definition) is 5. The van der Waals surface area contributed by atoms with Crippen molar-refractivity contribution in [1.82, 2.24) is 9.97 Å². The molecule has 3 rings (SSSR count). The lowest BCUT2D eigenvalue weighted by Crippen LogP contribution is -2.42. The van der Waals surface area contributed by atoms with Gasteiger partial charge in [0, 0.05) is 18.7 Å². The van der Waals surface area contributed by atoms with Crippen LogP contribution in [0.15, 0.2) is 6.33 Å². The van der Waals surface area contributed by atoms with Crippen LogP contribution in [0.4, 0.5) is 11.6 Å². The van der Waals surface area contributed by atoms with Crippen molar-refractivity contribution in [3.63, 3.8) is 0 Å². The summed E-state index contributed by atoms with van der Waals surface area (Å²) in [6.45, 7) is 4.46. The molecule has 116 valence electrons. The highest BCUT2D eigenvalue weighted by atomic mass is 15.3. The smallest absolute Gasteiger partial charge is 0.148 e. The minimum atomic E-state index is 0.785. The molecular formula is C16H27N5. The minimum Gasteiger partial charge on any atom is -0.356 e. The molecule has 2 fully saturated rings. The summed E-state index contributed by atoms with van der Waals surface area (Å²) in [5.74, 6) is 9.31. The maximum Gasteiger partial charge on any atom is 0.148 e. The van der Waals surface area contributed by atoms with Crippen LogP contribution in [0.2, 0.25) is 0 Å². The van der Waals surface area contributed by atoms with Gasteiger partial charge < -0.3 is 10.3 Å². The number of nitrogen functional groups attached to an aromatic ring is 1. The van der Waals surface area contributed by atoms with E-state index >= 15 is 0 Å². The molecule has 1 aromatic heterocycles. The van der Waals surface area contributed by atoms with E-state index < -0.39 is 0 Å². The number of fused-ring (bicyclic) bond motifs is 1. The van der Waals surface area contributed by atoms with Crippen LogP contribution in [0.5, 0.6) is 0 Å². The van der Waals surface area contributed by atoms with Crippen LogP contribution >= 0.6 is 0 Å². The van der Waals surface area contributed by atoms with Crippen molar-refractivity contribution in [1.29, 1.82) is 0 Å². The normalized spacial score (nSPS) is 25.5. The lowest BCUT2D eigenvalue weighted by molar-refractivity contribution is 0.202. The first-order valence-electron chi connectivity index (χ1n) is 8.39. The van der Waals surface area contributed by atoms with Crippen molar-refractivity contribution >= 4 is 11.6 Å². The second kappa shape index (κ2) is 6.60. The summed E-state index contributed by atoms with van der Waals surface area (Å²) in [6.07, 6.45) is 10.6. The number of piperidine rings is 1. The SMILES string of the molecule is CCCc1c(NN)ncnc1N1CCC2CCCCC2C1. The molecule has 5 heteroatoms. The number of rotatable bonds is 4. The number of nitrogens with two attached hydrogens (primary N) is 1. The number of nitrogens with one attached hydrogen (secondary N) is 1. The quantitative estimate of drug-likeness (QED) is 0.659. The predicted octanol–water partition coefficient (Wildman–Crippen LogP) is 2.73. The molecule has 0 radical (unpaired) electrons. The average Bonchev–Trinajstić information content (AvgIpc) is 2.55. The van der Waals surface area contributed by atoms with Gasteiger partial charge in [0.25, 0.3) is 0 Å². The van der Waals surface area contributed by atoms with E-state index in [4.69, 9.17) is 5.84 Å². The van der Waals surface area contributed by atoms with Crippen molar-refractivity contribution in [2.45, 2.75) is 51.9 Å². The van der Waals surface area contributed by atoms with Gasteiger partial charge in [-0.3, -0.25) is 0 Å². The molecule has 2 heterocycles. The Morgan fingerprint density at radius 3 is 2.81 bits per heavy atom. The number of anilines is 2. The lowest BCUT2D eigenvalue weighted by Gasteiger charge is -2.42. The molecular weight excluding hydrogens is 262 g/mol. The van der Waals surface area contributed by atoms with Crippen LogP contribution in [-0.4, -0.2) is 23.1 Å². The second-order valence-electron chi connectivity index (χ2n) is 6.46. The van der Waals surface area contributed by atoms with Gasteiger partial charge in [-0.25, -0.2) is 15.8 Å². The minimum absolute atomic E-state index is 0.785. The van der Waals surface area contributed by atoms with Crippen LogP contribution in [-0.2, 0) is 6.42 Å². The van der Waals surface area contributed by atoms with Gasteiger partial charge in [0.05, 0.1) is 0 Å². The van der Waals surface area contributed by atoms with Gasteiger partial charge in [-0.1, -0.05) is 32.6 Å². The average molecular weight is 289 g/mol. The molecule has 0 aromatic carbocycles. The third-order valence-corrected chi connectivity index (χ3v) is 5.15. The maximum absolute atomic E-state index is 5.63. The summed E-state index contributed by atoms with van der Waals surface area (Å²) >= 11 is 0. The highest BCUT2D eigenvalue weighted by molar-refractivity contribution is 5.58. The van der Waals surface area contributed by atoms with Crippen LogP contribution in [0.25, 0.3) is 0 Å². The van der Waals surface area contributed by atoms with E-state index in [0.29, 0.717) is 0 Å². The fourth-order valence-electron chi connectivity index (χ4n) is 4.07. The standard InChI is InChI=1S/C16H27N5/c1-2-5-14-15(20-17)18-11-19-16(14)21-9-8-12-6-3-4-7-13(12)10-21/h11-13H,2-10,17H2,1H3,(H,18,19,20). The molecule has 2 aliphatic rings. The molecule has 2 atom stereocenters. The molecule has 5 nitrogen and oxygen atoms in total. The fourth-order valence-corrected chi connectivity index (χ4v) is 4.07. The zero-order valence-corrected chi connectivity index (χ0v) is 13.0. The van der Waals surface area contributed by atoms with Gasteiger partial charge in [0.1, 0.15) is 18.0 Å². The summed E-state index contributed by atoms with van der Waals surface area (Å²) < 4.78 is 0. The van der Waals surface area contributed by atoms with Gasteiger partial charge in [0.2, 0.25) is 0 Å². The Hall–Kier alpha value is -1.36.